The highest BCUT2D eigenvalue weighted by Crippen LogP contribution is 2.45. The van der Waals surface area contributed by atoms with Gasteiger partial charge in [0.25, 0.3) is 0 Å². The normalized spacial score (nSPS) is 32.5. The molecule has 10 atom stereocenters. The summed E-state index contributed by atoms with van der Waals surface area (Å²) in [6.07, 6.45) is -17.5. The lowest BCUT2D eigenvalue weighted by molar-refractivity contribution is -0.357. The number of fused-ring (bicyclic) bond motifs is 1. The monoisotopic (exact) mass is 626 g/mol. The number of phenolic OH excluding ortho intramolecular Hbond substituents is 4. The van der Waals surface area contributed by atoms with Gasteiger partial charge in [0, 0.05) is 17.7 Å². The summed E-state index contributed by atoms with van der Waals surface area (Å²) in [5, 5.41) is 112. The van der Waals surface area contributed by atoms with Gasteiger partial charge in [-0.1, -0.05) is 0 Å². The van der Waals surface area contributed by atoms with Crippen molar-refractivity contribution in [1.29, 1.82) is 0 Å². The van der Waals surface area contributed by atoms with Gasteiger partial charge in [-0.25, -0.2) is 0 Å². The fourth-order valence-corrected chi connectivity index (χ4v) is 4.95. The van der Waals surface area contributed by atoms with E-state index in [2.05, 4.69) is 0 Å². The van der Waals surface area contributed by atoms with Crippen molar-refractivity contribution in [3.63, 3.8) is 0 Å². The molecule has 17 nitrogen and oxygen atoms in total. The molecule has 0 bridgehead atoms. The van der Waals surface area contributed by atoms with Gasteiger partial charge in [0.05, 0.1) is 18.8 Å². The lowest BCUT2D eigenvalue weighted by Gasteiger charge is -2.45. The lowest BCUT2D eigenvalue weighted by atomic mass is 9.97. The molecule has 0 aromatic heterocycles. The van der Waals surface area contributed by atoms with Crippen LogP contribution in [0, 0.1) is 0 Å². The topological polar surface area (TPSA) is 290 Å². The van der Waals surface area contributed by atoms with Crippen molar-refractivity contribution in [1.82, 2.24) is 0 Å². The molecule has 1 aliphatic carbocycles. The van der Waals surface area contributed by atoms with Crippen LogP contribution in [-0.2, 0) is 14.2 Å². The van der Waals surface area contributed by atoms with Crippen molar-refractivity contribution in [3.05, 3.63) is 40.6 Å². The molecule has 2 saturated heterocycles. The second-order valence-corrected chi connectivity index (χ2v) is 10.3. The molecule has 1 aromatic carbocycles. The summed E-state index contributed by atoms with van der Waals surface area (Å²) >= 11 is 0. The van der Waals surface area contributed by atoms with Gasteiger partial charge < -0.3 is 79.5 Å². The Morgan fingerprint density at radius 2 is 1.27 bits per heavy atom. The lowest BCUT2D eigenvalue weighted by Crippen LogP contribution is -2.65. The van der Waals surface area contributed by atoms with Gasteiger partial charge >= 0.3 is 0 Å². The van der Waals surface area contributed by atoms with Crippen molar-refractivity contribution in [2.24, 2.45) is 0 Å². The third kappa shape index (κ3) is 5.73. The quantitative estimate of drug-likeness (QED) is 0.118. The second kappa shape index (κ2) is 12.3. The fraction of sp³-hybridized carbons (Fsp3) is 0.444. The van der Waals surface area contributed by atoms with Crippen LogP contribution in [0.2, 0.25) is 0 Å². The number of phenols is 4. The van der Waals surface area contributed by atoms with Crippen LogP contribution in [0.25, 0.3) is 22.6 Å². The predicted molar refractivity (Wildman–Crippen MR) is 141 cm³/mol. The standard InChI is InChI=1S/C27H30O17/c28-6-16-19(35)21(37)23(39)26(42-16)44-25-22(38)20(36)17(7-29)43-27(25)41-15-5-10-11(31)3-9(30)4-14(10)40-24(15)8-1-12(32)18(34)13(33)2-8/h1-5,16-17,19-23,25-29,31-39H,6-7H2/t16-,17-,19-,20-,21-,22-,23-,25-,26?,27?/m0/s1. The molecule has 0 saturated carbocycles. The summed E-state index contributed by atoms with van der Waals surface area (Å²) in [6, 6.07) is 4.98. The number of aliphatic hydroxyl groups is 7. The van der Waals surface area contributed by atoms with Gasteiger partial charge in [-0.2, -0.15) is 0 Å². The molecule has 0 radical (unpaired) electrons. The molecule has 0 spiro atoms. The first-order valence-electron chi connectivity index (χ1n) is 13.2. The Hall–Kier alpha value is -3.75. The smallest absolute Gasteiger partial charge is 0.229 e. The Morgan fingerprint density at radius 3 is 1.89 bits per heavy atom. The Kier molecular flexibility index (Phi) is 8.87. The van der Waals surface area contributed by atoms with Gasteiger partial charge in [-0.3, -0.25) is 4.79 Å². The number of hydrogen-bond donors (Lipinski definition) is 11. The highest BCUT2D eigenvalue weighted by Gasteiger charge is 2.51. The Labute approximate surface area is 246 Å². The van der Waals surface area contributed by atoms with Crippen molar-refractivity contribution in [2.75, 3.05) is 13.2 Å². The van der Waals surface area contributed by atoms with E-state index in [4.69, 9.17) is 23.4 Å². The molecular weight excluding hydrogens is 596 g/mol. The molecule has 2 unspecified atom stereocenters. The SMILES string of the molecule is O=c1cc2oc(-c3cc(O)c(O)c(O)c3)c(OC3O[C@@H](CO)[C@H](O)[C@H](O)[C@@H]3OC3O[C@@H](CO)[C@H](O)[C@H](O)[C@@H]3O)cc-2c(O)c1. The second-order valence-electron chi connectivity index (χ2n) is 10.3. The molecule has 17 heteroatoms. The van der Waals surface area contributed by atoms with Gasteiger partial charge in [0.15, 0.2) is 46.6 Å². The van der Waals surface area contributed by atoms with Crippen molar-refractivity contribution < 1.29 is 79.5 Å². The molecule has 11 N–H and O–H groups in total. The minimum absolute atomic E-state index is 0.0722. The fourth-order valence-electron chi connectivity index (χ4n) is 4.95. The van der Waals surface area contributed by atoms with Crippen molar-refractivity contribution in [3.8, 4) is 51.4 Å². The summed E-state index contributed by atoms with van der Waals surface area (Å²) < 4.78 is 28.4. The largest absolute Gasteiger partial charge is 0.507 e. The molecule has 1 aromatic rings. The van der Waals surface area contributed by atoms with Crippen LogP contribution < -0.4 is 10.2 Å². The van der Waals surface area contributed by atoms with Crippen LogP contribution in [-0.4, -0.2) is 131 Å². The molecule has 0 amide bonds. The third-order valence-electron chi connectivity index (χ3n) is 7.34. The average Bonchev–Trinajstić information content (AvgIpc) is 2.99. The third-order valence-corrected chi connectivity index (χ3v) is 7.34. The molecule has 4 aliphatic rings. The number of aromatic hydroxyl groups is 4. The molecule has 2 fully saturated rings. The van der Waals surface area contributed by atoms with Gasteiger partial charge in [0.2, 0.25) is 6.29 Å². The van der Waals surface area contributed by atoms with Crippen LogP contribution in [0.3, 0.4) is 0 Å². The van der Waals surface area contributed by atoms with Gasteiger partial charge in [-0.15, -0.1) is 0 Å². The molecule has 240 valence electrons. The summed E-state index contributed by atoms with van der Waals surface area (Å²) in [5.41, 5.74) is -0.842. The van der Waals surface area contributed by atoms with Gasteiger partial charge in [-0.05, 0) is 18.2 Å². The summed E-state index contributed by atoms with van der Waals surface area (Å²) in [5.74, 6) is -3.81. The first kappa shape index (κ1) is 31.7. The zero-order valence-corrected chi connectivity index (χ0v) is 22.4. The Bertz CT molecular complexity index is 1480. The minimum atomic E-state index is -1.93. The van der Waals surface area contributed by atoms with Crippen LogP contribution in [0.1, 0.15) is 0 Å². The number of rotatable bonds is 7. The number of hydrogen-bond acceptors (Lipinski definition) is 17. The van der Waals surface area contributed by atoms with Crippen LogP contribution in [0.4, 0.5) is 0 Å². The number of aliphatic hydroxyl groups excluding tert-OH is 7. The van der Waals surface area contributed by atoms with E-state index in [0.29, 0.717) is 0 Å². The maximum atomic E-state index is 12.0. The predicted octanol–water partition coefficient (Wildman–Crippen LogP) is -2.76. The summed E-state index contributed by atoms with van der Waals surface area (Å²) in [4.78, 5) is 12.0. The summed E-state index contributed by atoms with van der Waals surface area (Å²) in [7, 11) is 0. The van der Waals surface area contributed by atoms with E-state index < -0.39 is 103 Å². The van der Waals surface area contributed by atoms with E-state index in [1.165, 1.54) is 0 Å². The van der Waals surface area contributed by atoms with E-state index in [0.717, 1.165) is 30.3 Å². The summed E-state index contributed by atoms with van der Waals surface area (Å²) in [6.45, 7) is -1.63. The number of benzene rings is 2. The van der Waals surface area contributed by atoms with E-state index >= 15 is 0 Å². The zero-order chi connectivity index (χ0) is 32.0. The van der Waals surface area contributed by atoms with E-state index in [1.807, 2.05) is 0 Å². The molecule has 3 aliphatic heterocycles. The Morgan fingerprint density at radius 1 is 0.682 bits per heavy atom. The zero-order valence-electron chi connectivity index (χ0n) is 22.4. The molecular formula is C27H30O17. The highest BCUT2D eigenvalue weighted by molar-refractivity contribution is 5.77. The van der Waals surface area contributed by atoms with E-state index in [-0.39, 0.29) is 28.4 Å². The maximum Gasteiger partial charge on any atom is 0.229 e. The molecule has 44 heavy (non-hydrogen) atoms. The molecule has 3 heterocycles. The number of ether oxygens (including phenoxy) is 4. The van der Waals surface area contributed by atoms with Gasteiger partial charge in [0.1, 0.15) is 54.2 Å². The van der Waals surface area contributed by atoms with Crippen LogP contribution in [0.5, 0.6) is 28.7 Å². The first-order chi connectivity index (χ1) is 20.8. The minimum Gasteiger partial charge on any atom is -0.507 e. The van der Waals surface area contributed by atoms with E-state index in [9.17, 15) is 61.0 Å². The van der Waals surface area contributed by atoms with Crippen LogP contribution >= 0.6 is 0 Å². The average molecular weight is 627 g/mol. The van der Waals surface area contributed by atoms with Crippen LogP contribution in [0.15, 0.2) is 39.5 Å². The highest BCUT2D eigenvalue weighted by atomic mass is 16.8. The first-order valence-corrected chi connectivity index (χ1v) is 13.2. The maximum absolute atomic E-state index is 12.0. The van der Waals surface area contributed by atoms with Crippen molar-refractivity contribution >= 4 is 0 Å². The molecule has 5 rings (SSSR count). The Balaban J connectivity index is 1.59. The van der Waals surface area contributed by atoms with E-state index in [1.54, 1.807) is 0 Å². The van der Waals surface area contributed by atoms with Crippen molar-refractivity contribution in [2.45, 2.75) is 61.4 Å².